The van der Waals surface area contributed by atoms with Gasteiger partial charge in [-0.05, 0) is 31.0 Å². The van der Waals surface area contributed by atoms with Crippen LogP contribution in [-0.2, 0) is 10.0 Å². The molecule has 0 saturated carbocycles. The molecule has 3 nitrogen and oxygen atoms in total. The Kier molecular flexibility index (Phi) is 5.26. The topological polar surface area (TPSA) is 46.2 Å². The van der Waals surface area contributed by atoms with Crippen molar-refractivity contribution in [2.45, 2.75) is 25.9 Å². The van der Waals surface area contributed by atoms with Gasteiger partial charge < -0.3 is 0 Å². The van der Waals surface area contributed by atoms with E-state index in [2.05, 4.69) is 20.7 Å². The molecule has 0 aliphatic carbocycles. The average molecular weight is 360 g/mol. The molecule has 0 atom stereocenters. The first-order valence-corrected chi connectivity index (χ1v) is 7.87. The van der Waals surface area contributed by atoms with E-state index in [9.17, 15) is 21.6 Å². The zero-order valence-corrected chi connectivity index (χ0v) is 12.5. The smallest absolute Gasteiger partial charge is 0.283 e. The standard InChI is InChI=1S/C11H13BrF3NO2S/c1-8-9(12)4-2-5-10(8)16-19(17,18)7-3-6-11(13,14)15/h2,4-5,16H,3,6-7H2,1H3. The van der Waals surface area contributed by atoms with Crippen LogP contribution >= 0.6 is 15.9 Å². The number of sulfonamides is 1. The maximum atomic E-state index is 12.0. The lowest BCUT2D eigenvalue weighted by atomic mass is 10.2. The first-order valence-electron chi connectivity index (χ1n) is 5.43. The molecule has 0 heterocycles. The molecule has 0 aromatic heterocycles. The minimum Gasteiger partial charge on any atom is -0.283 e. The van der Waals surface area contributed by atoms with E-state index >= 15 is 0 Å². The van der Waals surface area contributed by atoms with Gasteiger partial charge in [0, 0.05) is 10.9 Å². The van der Waals surface area contributed by atoms with Crippen LogP contribution in [0.5, 0.6) is 0 Å². The number of halogens is 4. The highest BCUT2D eigenvalue weighted by molar-refractivity contribution is 9.10. The van der Waals surface area contributed by atoms with Crippen LogP contribution in [0.25, 0.3) is 0 Å². The van der Waals surface area contributed by atoms with Gasteiger partial charge >= 0.3 is 6.18 Å². The Balaban J connectivity index is 2.67. The lowest BCUT2D eigenvalue weighted by Crippen LogP contribution is -2.19. The van der Waals surface area contributed by atoms with Crippen molar-refractivity contribution in [3.63, 3.8) is 0 Å². The maximum absolute atomic E-state index is 12.0. The van der Waals surface area contributed by atoms with E-state index in [-0.39, 0.29) is 0 Å². The third-order valence-corrected chi connectivity index (χ3v) is 4.62. The molecule has 8 heteroatoms. The molecule has 0 saturated heterocycles. The summed E-state index contributed by atoms with van der Waals surface area (Å²) >= 11 is 3.25. The SMILES string of the molecule is Cc1c(Br)cccc1NS(=O)(=O)CCCC(F)(F)F. The zero-order valence-electron chi connectivity index (χ0n) is 10.1. The normalized spacial score (nSPS) is 12.5. The Morgan fingerprint density at radius 2 is 1.95 bits per heavy atom. The number of benzene rings is 1. The molecule has 0 aliphatic heterocycles. The van der Waals surface area contributed by atoms with Gasteiger partial charge in [0.15, 0.2) is 0 Å². The van der Waals surface area contributed by atoms with Crippen LogP contribution in [0.2, 0.25) is 0 Å². The third kappa shape index (κ3) is 5.82. The van der Waals surface area contributed by atoms with Crippen molar-refractivity contribution in [3.8, 4) is 0 Å². The number of alkyl halides is 3. The van der Waals surface area contributed by atoms with E-state index < -0.39 is 34.8 Å². The number of hydrogen-bond donors (Lipinski definition) is 1. The van der Waals surface area contributed by atoms with E-state index in [1.807, 2.05) is 0 Å². The summed E-state index contributed by atoms with van der Waals surface area (Å²) in [6, 6.07) is 4.95. The lowest BCUT2D eigenvalue weighted by molar-refractivity contribution is -0.134. The molecule has 0 amide bonds. The summed E-state index contributed by atoms with van der Waals surface area (Å²) in [4.78, 5) is 0. The molecule has 1 aromatic carbocycles. The Labute approximate surface area is 118 Å². The predicted molar refractivity (Wildman–Crippen MR) is 71.6 cm³/mol. The van der Waals surface area contributed by atoms with Crippen molar-refractivity contribution in [1.29, 1.82) is 0 Å². The molecule has 108 valence electrons. The molecule has 0 spiro atoms. The van der Waals surface area contributed by atoms with Crippen LogP contribution in [0.1, 0.15) is 18.4 Å². The highest BCUT2D eigenvalue weighted by atomic mass is 79.9. The summed E-state index contributed by atoms with van der Waals surface area (Å²) in [7, 11) is -3.77. The van der Waals surface area contributed by atoms with Crippen molar-refractivity contribution in [2.75, 3.05) is 10.5 Å². The molecular formula is C11H13BrF3NO2S. The van der Waals surface area contributed by atoms with Gasteiger partial charge in [-0.2, -0.15) is 13.2 Å². The summed E-state index contributed by atoms with van der Waals surface area (Å²) in [6.07, 6.45) is -5.89. The number of nitrogens with one attached hydrogen (secondary N) is 1. The van der Waals surface area contributed by atoms with Crippen LogP contribution in [0, 0.1) is 6.92 Å². The van der Waals surface area contributed by atoms with Gasteiger partial charge in [-0.1, -0.05) is 22.0 Å². The van der Waals surface area contributed by atoms with Gasteiger partial charge in [-0.3, -0.25) is 4.72 Å². The Morgan fingerprint density at radius 1 is 1.32 bits per heavy atom. The molecule has 0 fully saturated rings. The van der Waals surface area contributed by atoms with Crippen LogP contribution in [0.3, 0.4) is 0 Å². The van der Waals surface area contributed by atoms with Crippen molar-refractivity contribution in [2.24, 2.45) is 0 Å². The van der Waals surface area contributed by atoms with Crippen molar-refractivity contribution >= 4 is 31.6 Å². The molecule has 1 rings (SSSR count). The first-order chi connectivity index (χ1) is 8.61. The molecule has 0 unspecified atom stereocenters. The molecule has 19 heavy (non-hydrogen) atoms. The summed E-state index contributed by atoms with van der Waals surface area (Å²) < 4.78 is 62.2. The zero-order chi connectivity index (χ0) is 14.7. The van der Waals surface area contributed by atoms with Gasteiger partial charge in [-0.15, -0.1) is 0 Å². The fourth-order valence-electron chi connectivity index (χ4n) is 1.40. The van der Waals surface area contributed by atoms with Gasteiger partial charge in [0.25, 0.3) is 0 Å². The molecule has 0 radical (unpaired) electrons. The highest BCUT2D eigenvalue weighted by Crippen LogP contribution is 2.25. The van der Waals surface area contributed by atoms with Gasteiger partial charge in [0.1, 0.15) is 0 Å². The first kappa shape index (κ1) is 16.3. The van der Waals surface area contributed by atoms with Crippen molar-refractivity contribution < 1.29 is 21.6 Å². The molecular weight excluding hydrogens is 347 g/mol. The van der Waals surface area contributed by atoms with E-state index in [1.54, 1.807) is 25.1 Å². The third-order valence-electron chi connectivity index (χ3n) is 2.41. The Bertz CT molecular complexity index is 543. The second-order valence-electron chi connectivity index (χ2n) is 4.05. The fourth-order valence-corrected chi connectivity index (χ4v) is 2.95. The van der Waals surface area contributed by atoms with Gasteiger partial charge in [0.05, 0.1) is 11.4 Å². The largest absolute Gasteiger partial charge is 0.389 e. The fraction of sp³-hybridized carbons (Fsp3) is 0.455. The summed E-state index contributed by atoms with van der Waals surface area (Å²) in [5, 5.41) is 0. The molecule has 0 bridgehead atoms. The quantitative estimate of drug-likeness (QED) is 0.867. The minimum atomic E-state index is -4.33. The maximum Gasteiger partial charge on any atom is 0.389 e. The monoisotopic (exact) mass is 359 g/mol. The van der Waals surface area contributed by atoms with Crippen LogP contribution in [0.4, 0.5) is 18.9 Å². The molecule has 0 aliphatic rings. The average Bonchev–Trinajstić information content (AvgIpc) is 2.22. The minimum absolute atomic E-state index is 0.362. The van der Waals surface area contributed by atoms with E-state index in [4.69, 9.17) is 0 Å². The van der Waals surface area contributed by atoms with Crippen molar-refractivity contribution in [3.05, 3.63) is 28.2 Å². The summed E-state index contributed by atoms with van der Waals surface area (Å²) in [5.41, 5.74) is 1.04. The highest BCUT2D eigenvalue weighted by Gasteiger charge is 2.27. The van der Waals surface area contributed by atoms with Crippen LogP contribution in [0.15, 0.2) is 22.7 Å². The predicted octanol–water partition coefficient (Wildman–Crippen LogP) is 3.84. The molecule has 1 aromatic rings. The lowest BCUT2D eigenvalue weighted by Gasteiger charge is -2.12. The van der Waals surface area contributed by atoms with Crippen LogP contribution in [-0.4, -0.2) is 20.3 Å². The number of anilines is 1. The van der Waals surface area contributed by atoms with E-state index in [0.29, 0.717) is 11.3 Å². The second-order valence-corrected chi connectivity index (χ2v) is 6.75. The second kappa shape index (κ2) is 6.13. The number of hydrogen-bond acceptors (Lipinski definition) is 2. The Morgan fingerprint density at radius 3 is 2.53 bits per heavy atom. The van der Waals surface area contributed by atoms with Crippen molar-refractivity contribution in [1.82, 2.24) is 0 Å². The van der Waals surface area contributed by atoms with Gasteiger partial charge in [-0.25, -0.2) is 8.42 Å². The Hall–Kier alpha value is -0.760. The summed E-state index contributed by atoms with van der Waals surface area (Å²) in [6.45, 7) is 1.71. The number of rotatable bonds is 5. The van der Waals surface area contributed by atoms with E-state index in [1.165, 1.54) is 0 Å². The summed E-state index contributed by atoms with van der Waals surface area (Å²) in [5.74, 6) is -0.557. The van der Waals surface area contributed by atoms with Gasteiger partial charge in [0.2, 0.25) is 10.0 Å². The van der Waals surface area contributed by atoms with E-state index in [0.717, 1.165) is 4.47 Å². The van der Waals surface area contributed by atoms with Crippen LogP contribution < -0.4 is 4.72 Å². The molecule has 1 N–H and O–H groups in total.